The number of carbonyl (C=O) groups excluding carboxylic acids is 2. The van der Waals surface area contributed by atoms with Crippen molar-refractivity contribution in [2.75, 3.05) is 19.7 Å². The van der Waals surface area contributed by atoms with Crippen LogP contribution in [-0.4, -0.2) is 58.6 Å². The molecule has 3 rings (SSSR count). The van der Waals surface area contributed by atoms with Crippen LogP contribution in [0.15, 0.2) is 11.3 Å². The lowest BCUT2D eigenvalue weighted by atomic mass is 9.72. The Labute approximate surface area is 160 Å². The van der Waals surface area contributed by atoms with Crippen molar-refractivity contribution in [2.24, 2.45) is 16.7 Å². The molecule has 0 aromatic heterocycles. The molecule has 3 aliphatic rings. The normalized spacial score (nSPS) is 25.8. The van der Waals surface area contributed by atoms with Crippen molar-refractivity contribution in [3.63, 3.8) is 0 Å². The molecule has 1 unspecified atom stereocenters. The monoisotopic (exact) mass is 378 g/mol. The molecular weight excluding hydrogens is 348 g/mol. The van der Waals surface area contributed by atoms with E-state index in [0.717, 1.165) is 0 Å². The van der Waals surface area contributed by atoms with Gasteiger partial charge in [0.15, 0.2) is 0 Å². The number of esters is 1. The first-order chi connectivity index (χ1) is 12.5. The van der Waals surface area contributed by atoms with Gasteiger partial charge in [0.2, 0.25) is 5.91 Å². The number of carbonyl (C=O) groups is 3. The zero-order valence-corrected chi connectivity index (χ0v) is 16.9. The van der Waals surface area contributed by atoms with Crippen molar-refractivity contribution < 1.29 is 24.2 Å². The first-order valence-electron chi connectivity index (χ1n) is 9.69. The fraction of sp³-hybridized carbons (Fsp3) is 0.750. The van der Waals surface area contributed by atoms with Gasteiger partial charge in [-0.3, -0.25) is 4.79 Å². The Bertz CT molecular complexity index is 696. The van der Waals surface area contributed by atoms with Gasteiger partial charge in [-0.2, -0.15) is 0 Å². The van der Waals surface area contributed by atoms with E-state index >= 15 is 0 Å². The van der Waals surface area contributed by atoms with Crippen LogP contribution in [0.2, 0.25) is 0 Å². The molecule has 0 aliphatic carbocycles. The standard InChI is InChI=1S/C20H30N2O5/c1-12(2)15-13(11-27-16(15)23)22-14(19(3,4)5)10-20(17(22)24)6-8-21(9-7-20)18(25)26/h12,14H,6-11H2,1-5H3,(H,25,26). The molecule has 150 valence electrons. The van der Waals surface area contributed by atoms with Gasteiger partial charge in [0.05, 0.1) is 16.7 Å². The van der Waals surface area contributed by atoms with E-state index in [0.29, 0.717) is 43.6 Å². The third-order valence-corrected chi connectivity index (χ3v) is 6.30. The van der Waals surface area contributed by atoms with Crippen molar-refractivity contribution in [1.29, 1.82) is 0 Å². The summed E-state index contributed by atoms with van der Waals surface area (Å²) in [5.41, 5.74) is 0.587. The van der Waals surface area contributed by atoms with Gasteiger partial charge >= 0.3 is 12.1 Å². The second kappa shape index (κ2) is 6.53. The number of piperidine rings is 1. The molecule has 0 aromatic rings. The third kappa shape index (κ3) is 3.21. The SMILES string of the molecule is CC(C)C1=C(N2C(=O)C3(CCN(C(=O)O)CC3)CC2C(C)(C)C)COC1=O. The Morgan fingerprint density at radius 3 is 2.30 bits per heavy atom. The minimum atomic E-state index is -0.931. The zero-order valence-electron chi connectivity index (χ0n) is 16.9. The number of rotatable bonds is 2. The smallest absolute Gasteiger partial charge is 0.407 e. The second-order valence-corrected chi connectivity index (χ2v) is 9.40. The lowest BCUT2D eigenvalue weighted by Gasteiger charge is -2.36. The molecule has 1 N–H and O–H groups in total. The maximum absolute atomic E-state index is 13.6. The highest BCUT2D eigenvalue weighted by Gasteiger charge is 2.57. The average molecular weight is 378 g/mol. The van der Waals surface area contributed by atoms with Crippen molar-refractivity contribution in [2.45, 2.75) is 59.9 Å². The molecule has 3 aliphatic heterocycles. The van der Waals surface area contributed by atoms with Gasteiger partial charge in [-0.05, 0) is 30.6 Å². The van der Waals surface area contributed by atoms with E-state index in [2.05, 4.69) is 20.8 Å². The van der Waals surface area contributed by atoms with Crippen molar-refractivity contribution in [3.8, 4) is 0 Å². The van der Waals surface area contributed by atoms with Crippen LogP contribution in [0, 0.1) is 16.7 Å². The van der Waals surface area contributed by atoms with Crippen molar-refractivity contribution in [1.82, 2.24) is 9.80 Å². The number of cyclic esters (lactones) is 1. The first-order valence-corrected chi connectivity index (χ1v) is 9.69. The average Bonchev–Trinajstić information content (AvgIpc) is 3.07. The summed E-state index contributed by atoms with van der Waals surface area (Å²) in [6.45, 7) is 11.1. The highest BCUT2D eigenvalue weighted by molar-refractivity contribution is 5.95. The largest absolute Gasteiger partial charge is 0.465 e. The number of nitrogens with zero attached hydrogens (tertiary/aromatic N) is 2. The summed E-state index contributed by atoms with van der Waals surface area (Å²) in [6.07, 6.45) is 0.811. The number of amides is 2. The molecule has 3 heterocycles. The third-order valence-electron chi connectivity index (χ3n) is 6.30. The second-order valence-electron chi connectivity index (χ2n) is 9.40. The van der Waals surface area contributed by atoms with Gasteiger partial charge in [-0.1, -0.05) is 34.6 Å². The molecule has 0 saturated carbocycles. The van der Waals surface area contributed by atoms with E-state index < -0.39 is 11.5 Å². The molecular formula is C20H30N2O5. The number of hydrogen-bond acceptors (Lipinski definition) is 4. The molecule has 1 spiro atoms. The minimum Gasteiger partial charge on any atom is -0.465 e. The summed E-state index contributed by atoms with van der Waals surface area (Å²) in [4.78, 5) is 40.4. The number of carboxylic acid groups (broad SMARTS) is 1. The van der Waals surface area contributed by atoms with E-state index in [4.69, 9.17) is 4.74 Å². The van der Waals surface area contributed by atoms with Gasteiger partial charge in [0.1, 0.15) is 6.61 Å². The predicted molar refractivity (Wildman–Crippen MR) is 98.8 cm³/mol. The molecule has 7 nitrogen and oxygen atoms in total. The van der Waals surface area contributed by atoms with Gasteiger partial charge < -0.3 is 19.6 Å². The summed E-state index contributed by atoms with van der Waals surface area (Å²) in [7, 11) is 0. The summed E-state index contributed by atoms with van der Waals surface area (Å²) in [5.74, 6) is -0.324. The van der Waals surface area contributed by atoms with E-state index in [1.165, 1.54) is 4.90 Å². The number of hydrogen-bond donors (Lipinski definition) is 1. The quantitative estimate of drug-likeness (QED) is 0.747. The van der Waals surface area contributed by atoms with Crippen LogP contribution < -0.4 is 0 Å². The summed E-state index contributed by atoms with van der Waals surface area (Å²) < 4.78 is 5.29. The van der Waals surface area contributed by atoms with E-state index in [-0.39, 0.29) is 35.9 Å². The topological polar surface area (TPSA) is 87.2 Å². The highest BCUT2D eigenvalue weighted by Crippen LogP contribution is 2.51. The molecule has 7 heteroatoms. The highest BCUT2D eigenvalue weighted by atomic mass is 16.5. The van der Waals surface area contributed by atoms with Gasteiger partial charge in [0, 0.05) is 19.1 Å². The molecule has 0 aromatic carbocycles. The molecule has 0 radical (unpaired) electrons. The van der Waals surface area contributed by atoms with Gasteiger partial charge in [-0.25, -0.2) is 9.59 Å². The molecule has 1 atom stereocenters. The Morgan fingerprint density at radius 2 is 1.81 bits per heavy atom. The van der Waals surface area contributed by atoms with Crippen LogP contribution in [0.4, 0.5) is 4.79 Å². The molecule has 27 heavy (non-hydrogen) atoms. The van der Waals surface area contributed by atoms with Crippen LogP contribution in [0.25, 0.3) is 0 Å². The molecule has 2 fully saturated rings. The fourth-order valence-electron chi connectivity index (χ4n) is 4.67. The Balaban J connectivity index is 1.99. The number of ether oxygens (including phenoxy) is 1. The molecule has 2 amide bonds. The van der Waals surface area contributed by atoms with Crippen LogP contribution in [-0.2, 0) is 14.3 Å². The Morgan fingerprint density at radius 1 is 1.22 bits per heavy atom. The van der Waals surface area contributed by atoms with Gasteiger partial charge in [-0.15, -0.1) is 0 Å². The van der Waals surface area contributed by atoms with Crippen molar-refractivity contribution >= 4 is 18.0 Å². The lowest BCUT2D eigenvalue weighted by Crippen LogP contribution is -2.46. The lowest BCUT2D eigenvalue weighted by molar-refractivity contribution is -0.139. The van der Waals surface area contributed by atoms with Crippen LogP contribution in [0.1, 0.15) is 53.9 Å². The summed E-state index contributed by atoms with van der Waals surface area (Å²) in [6, 6.07) is -0.0420. The van der Waals surface area contributed by atoms with Crippen LogP contribution >= 0.6 is 0 Å². The summed E-state index contributed by atoms with van der Waals surface area (Å²) in [5, 5.41) is 9.24. The van der Waals surface area contributed by atoms with Crippen LogP contribution in [0.3, 0.4) is 0 Å². The van der Waals surface area contributed by atoms with Gasteiger partial charge in [0.25, 0.3) is 0 Å². The van der Waals surface area contributed by atoms with E-state index in [9.17, 15) is 19.5 Å². The predicted octanol–water partition coefficient (Wildman–Crippen LogP) is 2.86. The van der Waals surface area contributed by atoms with E-state index in [1.807, 2.05) is 18.7 Å². The fourth-order valence-corrected chi connectivity index (χ4v) is 4.67. The van der Waals surface area contributed by atoms with E-state index in [1.54, 1.807) is 0 Å². The van der Waals surface area contributed by atoms with Crippen LogP contribution in [0.5, 0.6) is 0 Å². The number of likely N-dealkylation sites (tertiary alicyclic amines) is 2. The Kier molecular flexibility index (Phi) is 4.77. The first kappa shape index (κ1) is 19.7. The van der Waals surface area contributed by atoms with Crippen molar-refractivity contribution in [3.05, 3.63) is 11.3 Å². The zero-order chi connectivity index (χ0) is 20.1. The summed E-state index contributed by atoms with van der Waals surface area (Å²) >= 11 is 0. The molecule has 2 saturated heterocycles. The molecule has 0 bridgehead atoms. The maximum Gasteiger partial charge on any atom is 0.407 e. The maximum atomic E-state index is 13.6. The minimum absolute atomic E-state index is 0.0196. The Hall–Kier alpha value is -2.05.